The molecule has 2 N–H and O–H groups in total. The second-order valence-electron chi connectivity index (χ2n) is 4.15. The number of halogens is 1. The Bertz CT molecular complexity index is 726. The lowest BCUT2D eigenvalue weighted by molar-refractivity contribution is -0.388. The second kappa shape index (κ2) is 7.10. The minimum Gasteiger partial charge on any atom is -0.465 e. The van der Waals surface area contributed by atoms with Crippen molar-refractivity contribution in [2.24, 2.45) is 0 Å². The summed E-state index contributed by atoms with van der Waals surface area (Å²) in [5, 5.41) is 22.4. The first-order valence-corrected chi connectivity index (χ1v) is 7.33. The number of carbonyl (C=O) groups is 1. The van der Waals surface area contributed by atoms with Gasteiger partial charge in [-0.15, -0.1) is 0 Å². The molecule has 2 aromatic rings. The fourth-order valence-corrected chi connectivity index (χ4v) is 2.72. The van der Waals surface area contributed by atoms with E-state index in [1.165, 1.54) is 24.0 Å². The average molecular weight is 340 g/mol. The molecule has 1 amide bonds. The summed E-state index contributed by atoms with van der Waals surface area (Å²) in [5.41, 5.74) is 1.09. The van der Waals surface area contributed by atoms with E-state index in [9.17, 15) is 14.9 Å². The van der Waals surface area contributed by atoms with Crippen LogP contribution in [0.3, 0.4) is 0 Å². The number of anilines is 1. The molecule has 114 valence electrons. The fourth-order valence-electron chi connectivity index (χ4n) is 1.67. The zero-order valence-electron chi connectivity index (χ0n) is 11.0. The average Bonchev–Trinajstić information content (AvgIpc) is 2.45. The third kappa shape index (κ3) is 4.34. The van der Waals surface area contributed by atoms with Crippen LogP contribution in [0.25, 0.3) is 0 Å². The van der Waals surface area contributed by atoms with Crippen molar-refractivity contribution < 1.29 is 14.8 Å². The molecule has 0 saturated heterocycles. The number of aromatic nitrogens is 1. The van der Waals surface area contributed by atoms with Crippen LogP contribution in [0.5, 0.6) is 0 Å². The van der Waals surface area contributed by atoms with E-state index in [1.807, 2.05) is 0 Å². The number of benzene rings is 1. The molecule has 0 radical (unpaired) electrons. The van der Waals surface area contributed by atoms with E-state index in [-0.39, 0.29) is 15.7 Å². The van der Waals surface area contributed by atoms with Crippen molar-refractivity contribution in [1.29, 1.82) is 0 Å². The molecule has 1 aromatic heterocycles. The molecule has 9 heteroatoms. The summed E-state index contributed by atoms with van der Waals surface area (Å²) < 4.78 is 0. The van der Waals surface area contributed by atoms with Gasteiger partial charge in [-0.3, -0.25) is 15.4 Å². The molecule has 7 nitrogen and oxygen atoms in total. The van der Waals surface area contributed by atoms with Crippen molar-refractivity contribution in [2.75, 3.05) is 5.32 Å². The second-order valence-corrected chi connectivity index (χ2v) is 5.55. The zero-order chi connectivity index (χ0) is 16.1. The van der Waals surface area contributed by atoms with Crippen LogP contribution in [-0.4, -0.2) is 21.1 Å². The van der Waals surface area contributed by atoms with Gasteiger partial charge in [0, 0.05) is 23.7 Å². The van der Waals surface area contributed by atoms with Gasteiger partial charge in [0.05, 0.1) is 9.95 Å². The van der Waals surface area contributed by atoms with E-state index in [0.717, 1.165) is 5.56 Å². The molecule has 0 unspecified atom stereocenters. The van der Waals surface area contributed by atoms with Gasteiger partial charge in [-0.1, -0.05) is 35.5 Å². The van der Waals surface area contributed by atoms with Gasteiger partial charge >= 0.3 is 11.8 Å². The normalized spacial score (nSPS) is 10.2. The topological polar surface area (TPSA) is 105 Å². The Morgan fingerprint density at radius 3 is 2.91 bits per heavy atom. The Hall–Kier alpha value is -2.32. The van der Waals surface area contributed by atoms with E-state index < -0.39 is 11.0 Å². The van der Waals surface area contributed by atoms with Gasteiger partial charge in [0.1, 0.15) is 0 Å². The molecule has 0 aliphatic rings. The zero-order valence-corrected chi connectivity index (χ0v) is 12.6. The quantitative estimate of drug-likeness (QED) is 0.484. The number of nitrogens with one attached hydrogen (secondary N) is 1. The third-order valence-corrected chi connectivity index (χ3v) is 3.82. The number of pyridine rings is 1. The van der Waals surface area contributed by atoms with E-state index in [0.29, 0.717) is 11.4 Å². The van der Waals surface area contributed by atoms with Crippen LogP contribution in [0, 0.1) is 10.1 Å². The highest BCUT2D eigenvalue weighted by molar-refractivity contribution is 7.98. The van der Waals surface area contributed by atoms with Gasteiger partial charge < -0.3 is 5.11 Å². The van der Waals surface area contributed by atoms with Crippen molar-refractivity contribution >= 4 is 40.8 Å². The molecule has 0 aliphatic heterocycles. The molecular formula is C13H10ClN3O4S. The first kappa shape index (κ1) is 16.1. The molecule has 0 fully saturated rings. The van der Waals surface area contributed by atoms with Crippen molar-refractivity contribution in [1.82, 2.24) is 4.98 Å². The van der Waals surface area contributed by atoms with Crippen LogP contribution < -0.4 is 5.32 Å². The first-order valence-electron chi connectivity index (χ1n) is 5.97. The van der Waals surface area contributed by atoms with Crippen molar-refractivity contribution in [3.63, 3.8) is 0 Å². The minimum atomic E-state index is -1.15. The molecular weight excluding hydrogens is 330 g/mol. The number of thioether (sulfide) groups is 1. The Morgan fingerprint density at radius 2 is 2.23 bits per heavy atom. The highest BCUT2D eigenvalue weighted by atomic mass is 35.5. The van der Waals surface area contributed by atoms with Crippen LogP contribution in [0.1, 0.15) is 5.56 Å². The molecule has 1 heterocycles. The molecule has 22 heavy (non-hydrogen) atoms. The van der Waals surface area contributed by atoms with Crippen LogP contribution >= 0.6 is 23.4 Å². The number of hydrogen-bond acceptors (Lipinski definition) is 5. The summed E-state index contributed by atoms with van der Waals surface area (Å²) in [5.74, 6) is 0.407. The third-order valence-electron chi connectivity index (χ3n) is 2.55. The Kier molecular flexibility index (Phi) is 5.18. The maximum Gasteiger partial charge on any atom is 0.409 e. The van der Waals surface area contributed by atoms with Gasteiger partial charge in [0.15, 0.2) is 5.03 Å². The molecule has 0 saturated carbocycles. The number of carboxylic acid groups (broad SMARTS) is 1. The number of hydrogen-bond donors (Lipinski definition) is 2. The Morgan fingerprint density at radius 1 is 1.45 bits per heavy atom. The molecule has 0 atom stereocenters. The molecule has 0 aliphatic carbocycles. The van der Waals surface area contributed by atoms with Crippen LogP contribution in [0.15, 0.2) is 41.6 Å². The largest absolute Gasteiger partial charge is 0.465 e. The van der Waals surface area contributed by atoms with Gasteiger partial charge in [-0.25, -0.2) is 9.78 Å². The lowest BCUT2D eigenvalue weighted by atomic mass is 10.2. The van der Waals surface area contributed by atoms with Gasteiger partial charge in [-0.2, -0.15) is 0 Å². The summed E-state index contributed by atoms with van der Waals surface area (Å²) in [4.78, 5) is 25.0. The maximum absolute atomic E-state index is 11.0. The van der Waals surface area contributed by atoms with E-state index in [2.05, 4.69) is 10.3 Å². The number of nitrogens with zero attached hydrogens (tertiary/aromatic N) is 2. The SMILES string of the molecule is O=C(O)Nc1cccc(CSc2ncc(Cl)cc2[N+](=O)[O-])c1. The van der Waals surface area contributed by atoms with Crippen LogP contribution in [-0.2, 0) is 5.75 Å². The van der Waals surface area contributed by atoms with E-state index in [1.54, 1.807) is 24.3 Å². The fraction of sp³-hybridized carbons (Fsp3) is 0.0769. The van der Waals surface area contributed by atoms with Crippen LogP contribution in [0.2, 0.25) is 5.02 Å². The highest BCUT2D eigenvalue weighted by Gasteiger charge is 2.16. The molecule has 0 bridgehead atoms. The summed E-state index contributed by atoms with van der Waals surface area (Å²) in [6.45, 7) is 0. The molecule has 1 aromatic carbocycles. The lowest BCUT2D eigenvalue weighted by Crippen LogP contribution is -2.07. The predicted octanol–water partition coefficient (Wildman–Crippen LogP) is 4.03. The maximum atomic E-state index is 11.0. The van der Waals surface area contributed by atoms with E-state index in [4.69, 9.17) is 16.7 Å². The number of rotatable bonds is 5. The Labute approximate surface area is 134 Å². The van der Waals surface area contributed by atoms with Crippen molar-refractivity contribution in [3.8, 4) is 0 Å². The number of nitro groups is 1. The molecule has 0 spiro atoms. The lowest BCUT2D eigenvalue weighted by Gasteiger charge is -2.05. The highest BCUT2D eigenvalue weighted by Crippen LogP contribution is 2.31. The summed E-state index contributed by atoms with van der Waals surface area (Å²) >= 11 is 6.89. The van der Waals surface area contributed by atoms with Crippen molar-refractivity contribution in [2.45, 2.75) is 10.8 Å². The van der Waals surface area contributed by atoms with Gasteiger partial charge in [0.2, 0.25) is 0 Å². The van der Waals surface area contributed by atoms with Gasteiger partial charge in [0.25, 0.3) is 0 Å². The van der Waals surface area contributed by atoms with Crippen LogP contribution in [0.4, 0.5) is 16.2 Å². The first-order chi connectivity index (χ1) is 10.5. The smallest absolute Gasteiger partial charge is 0.409 e. The summed E-state index contributed by atoms with van der Waals surface area (Å²) in [6, 6.07) is 8.01. The van der Waals surface area contributed by atoms with Gasteiger partial charge in [-0.05, 0) is 17.7 Å². The summed E-state index contributed by atoms with van der Waals surface area (Å²) in [7, 11) is 0. The minimum absolute atomic E-state index is 0.155. The Balaban J connectivity index is 2.13. The molecule has 2 rings (SSSR count). The number of amides is 1. The van der Waals surface area contributed by atoms with Crippen molar-refractivity contribution in [3.05, 3.63) is 57.2 Å². The predicted molar refractivity (Wildman–Crippen MR) is 83.6 cm³/mol. The monoisotopic (exact) mass is 339 g/mol. The van der Waals surface area contributed by atoms with E-state index >= 15 is 0 Å². The summed E-state index contributed by atoms with van der Waals surface area (Å²) in [6.07, 6.45) is 0.194. The standard InChI is InChI=1S/C13H10ClN3O4S/c14-9-5-11(17(20)21)12(15-6-9)22-7-8-2-1-3-10(4-8)16-13(18)19/h1-6,16H,7H2,(H,18,19).